The van der Waals surface area contributed by atoms with Crippen LogP contribution in [0.3, 0.4) is 0 Å². The monoisotopic (exact) mass is 514 g/mol. The minimum Gasteiger partial charge on any atom is -0.495 e. The highest BCUT2D eigenvalue weighted by Crippen LogP contribution is 2.42. The van der Waals surface area contributed by atoms with Gasteiger partial charge in [0, 0.05) is 44.8 Å². The van der Waals surface area contributed by atoms with Crippen LogP contribution in [0.2, 0.25) is 0 Å². The molecular weight excluding hydrogens is 476 g/mol. The van der Waals surface area contributed by atoms with Crippen molar-refractivity contribution in [3.63, 3.8) is 0 Å². The van der Waals surface area contributed by atoms with Crippen molar-refractivity contribution in [1.29, 1.82) is 0 Å². The number of fused-ring (bicyclic) bond motifs is 1. The number of nitrogens with one attached hydrogen (secondary N) is 1. The van der Waals surface area contributed by atoms with Gasteiger partial charge in [0.25, 0.3) is 0 Å². The zero-order chi connectivity index (χ0) is 25.7. The van der Waals surface area contributed by atoms with E-state index >= 15 is 0 Å². The van der Waals surface area contributed by atoms with Crippen LogP contribution in [-0.4, -0.2) is 86.4 Å². The number of ether oxygens (including phenoxy) is 2. The molecule has 0 bridgehead atoms. The molecule has 0 radical (unpaired) electrons. The number of hydrogen-bond acceptors (Lipinski definition) is 8. The minimum absolute atomic E-state index is 0.117. The summed E-state index contributed by atoms with van der Waals surface area (Å²) in [4.78, 5) is 20.5. The first-order valence-corrected chi connectivity index (χ1v) is 13.5. The number of aliphatic hydroxyl groups is 1. The third kappa shape index (κ3) is 6.64. The van der Waals surface area contributed by atoms with Crippen molar-refractivity contribution in [3.8, 4) is 11.5 Å². The maximum atomic E-state index is 12.8. The number of hydrogen-bond donors (Lipinski definition) is 2. The van der Waals surface area contributed by atoms with E-state index in [2.05, 4.69) is 21.2 Å². The summed E-state index contributed by atoms with van der Waals surface area (Å²) >= 11 is 1.50. The van der Waals surface area contributed by atoms with Crippen molar-refractivity contribution >= 4 is 29.0 Å². The molecule has 1 unspecified atom stereocenters. The number of amides is 1. The van der Waals surface area contributed by atoms with Crippen molar-refractivity contribution in [3.05, 3.63) is 42.5 Å². The Morgan fingerprint density at radius 2 is 1.69 bits per heavy atom. The molecule has 8 nitrogen and oxygen atoms in total. The summed E-state index contributed by atoms with van der Waals surface area (Å²) in [6, 6.07) is 13.9. The fourth-order valence-electron chi connectivity index (χ4n) is 4.62. The Kier molecular flexibility index (Phi) is 8.66. The Morgan fingerprint density at radius 1 is 1.00 bits per heavy atom. The normalized spacial score (nSPS) is 17.6. The molecular formula is C27H38N4O4S. The highest BCUT2D eigenvalue weighted by molar-refractivity contribution is 8.00. The Morgan fingerprint density at radius 3 is 2.42 bits per heavy atom. The highest BCUT2D eigenvalue weighted by atomic mass is 32.2. The topological polar surface area (TPSA) is 77.5 Å². The molecule has 1 atom stereocenters. The average Bonchev–Trinajstić information content (AvgIpc) is 2.86. The summed E-state index contributed by atoms with van der Waals surface area (Å²) in [5, 5.41) is 13.4. The van der Waals surface area contributed by atoms with Crippen molar-refractivity contribution in [2.75, 3.05) is 68.5 Å². The summed E-state index contributed by atoms with van der Waals surface area (Å²) in [6.45, 7) is 11.3. The zero-order valence-corrected chi connectivity index (χ0v) is 22.5. The number of piperazine rings is 1. The lowest BCUT2D eigenvalue weighted by Gasteiger charge is -2.38. The van der Waals surface area contributed by atoms with Gasteiger partial charge in [-0.05, 0) is 45.0 Å². The van der Waals surface area contributed by atoms with Gasteiger partial charge in [-0.15, -0.1) is 11.8 Å². The standard InChI is InChI=1S/C27H38N4O4S/c1-27(2,3)28-24(32)18-35-23-11-7-9-21-26(23)36-19-25(33)31(21)17-14-29-12-15-30(16-13-29)20-8-5-6-10-22(20)34-4/h5-11,24,28,32H,12-19H2,1-4H3. The van der Waals surface area contributed by atoms with Gasteiger partial charge in [-0.25, -0.2) is 0 Å². The van der Waals surface area contributed by atoms with E-state index in [0.29, 0.717) is 18.0 Å². The largest absolute Gasteiger partial charge is 0.495 e. The van der Waals surface area contributed by atoms with E-state index in [-0.39, 0.29) is 18.1 Å². The molecule has 2 aliphatic rings. The van der Waals surface area contributed by atoms with Gasteiger partial charge in [-0.3, -0.25) is 15.0 Å². The Bertz CT molecular complexity index is 1040. The van der Waals surface area contributed by atoms with Crippen LogP contribution in [0.25, 0.3) is 0 Å². The van der Waals surface area contributed by atoms with Crippen molar-refractivity contribution in [2.24, 2.45) is 0 Å². The lowest BCUT2D eigenvalue weighted by Crippen LogP contribution is -2.49. The van der Waals surface area contributed by atoms with Gasteiger partial charge in [-0.2, -0.15) is 0 Å². The third-order valence-electron chi connectivity index (χ3n) is 6.32. The van der Waals surface area contributed by atoms with Gasteiger partial charge < -0.3 is 24.4 Å². The molecule has 0 spiro atoms. The van der Waals surface area contributed by atoms with Crippen LogP contribution in [-0.2, 0) is 4.79 Å². The van der Waals surface area contributed by atoms with Gasteiger partial charge in [0.05, 0.1) is 29.1 Å². The van der Waals surface area contributed by atoms with Gasteiger partial charge >= 0.3 is 0 Å². The maximum absolute atomic E-state index is 12.8. The molecule has 0 aromatic heterocycles. The predicted molar refractivity (Wildman–Crippen MR) is 146 cm³/mol. The molecule has 196 valence electrons. The van der Waals surface area contributed by atoms with E-state index < -0.39 is 6.23 Å². The zero-order valence-electron chi connectivity index (χ0n) is 21.7. The summed E-state index contributed by atoms with van der Waals surface area (Å²) < 4.78 is 11.5. The summed E-state index contributed by atoms with van der Waals surface area (Å²) in [7, 11) is 1.71. The number of rotatable bonds is 9. The molecule has 2 N–H and O–H groups in total. The van der Waals surface area contributed by atoms with E-state index in [9.17, 15) is 9.90 Å². The average molecular weight is 515 g/mol. The number of carbonyl (C=O) groups is 1. The number of anilines is 2. The molecule has 2 heterocycles. The Balaban J connectivity index is 1.35. The van der Waals surface area contributed by atoms with E-state index in [4.69, 9.17) is 9.47 Å². The number of methoxy groups -OCH3 is 1. The lowest BCUT2D eigenvalue weighted by atomic mass is 10.1. The first-order chi connectivity index (χ1) is 17.2. The van der Waals surface area contributed by atoms with Crippen LogP contribution in [0, 0.1) is 0 Å². The maximum Gasteiger partial charge on any atom is 0.237 e. The minimum atomic E-state index is -0.776. The van der Waals surface area contributed by atoms with E-state index in [1.54, 1.807) is 7.11 Å². The van der Waals surface area contributed by atoms with Gasteiger partial charge in [0.15, 0.2) is 0 Å². The number of benzene rings is 2. The van der Waals surface area contributed by atoms with Crippen LogP contribution in [0.5, 0.6) is 11.5 Å². The smallest absolute Gasteiger partial charge is 0.237 e. The molecule has 0 aliphatic carbocycles. The van der Waals surface area contributed by atoms with E-state index in [1.807, 2.05) is 62.1 Å². The molecule has 9 heteroatoms. The molecule has 1 amide bonds. The number of aliphatic hydroxyl groups excluding tert-OH is 1. The van der Waals surface area contributed by atoms with Crippen LogP contribution >= 0.6 is 11.8 Å². The van der Waals surface area contributed by atoms with Crippen molar-refractivity contribution in [2.45, 2.75) is 37.4 Å². The number of para-hydroxylation sites is 2. The van der Waals surface area contributed by atoms with Crippen molar-refractivity contribution < 1.29 is 19.4 Å². The number of thioether (sulfide) groups is 1. The predicted octanol–water partition coefficient (Wildman–Crippen LogP) is 3.04. The lowest BCUT2D eigenvalue weighted by molar-refractivity contribution is -0.116. The SMILES string of the molecule is COc1ccccc1N1CCN(CCN2C(=O)CSc3c(OCC(O)NC(C)(C)C)cccc32)CC1. The van der Waals surface area contributed by atoms with Gasteiger partial charge in [0.2, 0.25) is 5.91 Å². The molecule has 0 saturated carbocycles. The Labute approximate surface area is 218 Å². The summed E-state index contributed by atoms with van der Waals surface area (Å²) in [6.07, 6.45) is -0.776. The van der Waals surface area contributed by atoms with Crippen molar-refractivity contribution in [1.82, 2.24) is 10.2 Å². The summed E-state index contributed by atoms with van der Waals surface area (Å²) in [5.41, 5.74) is 1.81. The van der Waals surface area contributed by atoms with E-state index in [1.165, 1.54) is 11.8 Å². The first-order valence-electron chi connectivity index (χ1n) is 12.5. The van der Waals surface area contributed by atoms with Crippen LogP contribution in [0.1, 0.15) is 20.8 Å². The van der Waals surface area contributed by atoms with E-state index in [0.717, 1.165) is 54.7 Å². The molecule has 2 aliphatic heterocycles. The molecule has 2 aromatic rings. The second kappa shape index (κ2) is 11.7. The Hall–Kier alpha value is -2.46. The van der Waals surface area contributed by atoms with Crippen LogP contribution < -0.4 is 24.6 Å². The fourth-order valence-corrected chi connectivity index (χ4v) is 5.64. The molecule has 2 aromatic carbocycles. The quantitative estimate of drug-likeness (QED) is 0.495. The first kappa shape index (κ1) is 26.6. The van der Waals surface area contributed by atoms with Crippen LogP contribution in [0.4, 0.5) is 11.4 Å². The molecule has 4 rings (SSSR count). The van der Waals surface area contributed by atoms with Gasteiger partial charge in [0.1, 0.15) is 24.3 Å². The number of nitrogens with zero attached hydrogens (tertiary/aromatic N) is 3. The second-order valence-corrected chi connectivity index (χ2v) is 11.1. The number of carbonyl (C=O) groups excluding carboxylic acids is 1. The highest BCUT2D eigenvalue weighted by Gasteiger charge is 2.28. The molecule has 36 heavy (non-hydrogen) atoms. The fraction of sp³-hybridized carbons (Fsp3) is 0.519. The van der Waals surface area contributed by atoms with Gasteiger partial charge in [-0.1, -0.05) is 18.2 Å². The third-order valence-corrected chi connectivity index (χ3v) is 7.41. The summed E-state index contributed by atoms with van der Waals surface area (Å²) in [5.74, 6) is 2.11. The second-order valence-electron chi connectivity index (χ2n) is 10.2. The van der Waals surface area contributed by atoms with Crippen LogP contribution in [0.15, 0.2) is 47.4 Å². The molecule has 1 fully saturated rings. The molecule has 1 saturated heterocycles.